The zero-order valence-corrected chi connectivity index (χ0v) is 18.8. The molecule has 2 aromatic carbocycles. The van der Waals surface area contributed by atoms with Crippen LogP contribution in [0.2, 0.25) is 0 Å². The first kappa shape index (κ1) is 23.5. The number of rotatable bonds is 9. The fraction of sp³-hybridized carbons (Fsp3) is 0.440. The van der Waals surface area contributed by atoms with Crippen LogP contribution in [0, 0.1) is 0 Å². The van der Waals surface area contributed by atoms with E-state index in [2.05, 4.69) is 26.1 Å². The van der Waals surface area contributed by atoms with Crippen LogP contribution in [0.4, 0.5) is 0 Å². The van der Waals surface area contributed by atoms with Crippen molar-refractivity contribution in [3.63, 3.8) is 0 Å². The molecule has 2 rings (SSSR count). The molecule has 0 bridgehead atoms. The summed E-state index contributed by atoms with van der Waals surface area (Å²) in [5.41, 5.74) is 2.08. The Morgan fingerprint density at radius 1 is 1.03 bits per heavy atom. The maximum atomic E-state index is 13.1. The maximum absolute atomic E-state index is 13.1. The number of carbonyl (C=O) groups excluding carboxylic acids is 2. The van der Waals surface area contributed by atoms with Gasteiger partial charge in [0.2, 0.25) is 5.91 Å². The van der Waals surface area contributed by atoms with E-state index < -0.39 is 6.04 Å². The van der Waals surface area contributed by atoms with Crippen molar-refractivity contribution in [1.82, 2.24) is 10.2 Å². The van der Waals surface area contributed by atoms with E-state index in [1.165, 1.54) is 0 Å². The Labute approximate surface area is 180 Å². The van der Waals surface area contributed by atoms with Crippen molar-refractivity contribution < 1.29 is 14.3 Å². The van der Waals surface area contributed by atoms with Gasteiger partial charge in [-0.15, -0.1) is 0 Å². The minimum Gasteiger partial charge on any atom is -0.483 e. The van der Waals surface area contributed by atoms with Gasteiger partial charge in [0.25, 0.3) is 5.91 Å². The molecule has 0 aromatic heterocycles. The van der Waals surface area contributed by atoms with Gasteiger partial charge in [-0.25, -0.2) is 0 Å². The standard InChI is InChI=1S/C25H34N2O3/c1-6-21(24(29)26-5)27(17-16-19-12-8-7-9-13-19)23(28)18-30-22-15-11-10-14-20(22)25(2,3)4/h7-15,21H,6,16-18H2,1-5H3,(H,26,29)/t21-/m0/s1. The molecule has 0 saturated heterocycles. The van der Waals surface area contributed by atoms with E-state index in [4.69, 9.17) is 4.74 Å². The number of hydrogen-bond donors (Lipinski definition) is 1. The Bertz CT molecular complexity index is 828. The second-order valence-electron chi connectivity index (χ2n) is 8.40. The van der Waals surface area contributed by atoms with Gasteiger partial charge in [0.15, 0.2) is 6.61 Å². The summed E-state index contributed by atoms with van der Waals surface area (Å²) >= 11 is 0. The zero-order chi connectivity index (χ0) is 22.1. The fourth-order valence-electron chi connectivity index (χ4n) is 3.50. The first-order valence-corrected chi connectivity index (χ1v) is 10.5. The molecule has 0 aliphatic rings. The van der Waals surface area contributed by atoms with Crippen LogP contribution in [-0.4, -0.2) is 43.0 Å². The highest BCUT2D eigenvalue weighted by atomic mass is 16.5. The fourth-order valence-corrected chi connectivity index (χ4v) is 3.50. The normalized spacial score (nSPS) is 12.2. The first-order chi connectivity index (χ1) is 14.3. The van der Waals surface area contributed by atoms with Crippen molar-refractivity contribution in [3.8, 4) is 5.75 Å². The monoisotopic (exact) mass is 410 g/mol. The minimum absolute atomic E-state index is 0.0965. The number of nitrogens with zero attached hydrogens (tertiary/aromatic N) is 1. The third kappa shape index (κ3) is 6.34. The van der Waals surface area contributed by atoms with E-state index in [1.54, 1.807) is 11.9 Å². The van der Waals surface area contributed by atoms with Gasteiger partial charge < -0.3 is 15.0 Å². The average Bonchev–Trinajstić information content (AvgIpc) is 2.74. The van der Waals surface area contributed by atoms with Crippen LogP contribution >= 0.6 is 0 Å². The van der Waals surface area contributed by atoms with Crippen LogP contribution in [0.15, 0.2) is 54.6 Å². The van der Waals surface area contributed by atoms with Crippen LogP contribution in [0.3, 0.4) is 0 Å². The van der Waals surface area contributed by atoms with Crippen molar-refractivity contribution in [2.45, 2.75) is 52.0 Å². The Kier molecular flexibility index (Phi) is 8.46. The summed E-state index contributed by atoms with van der Waals surface area (Å²) < 4.78 is 5.94. The molecule has 5 nitrogen and oxygen atoms in total. The predicted octanol–water partition coefficient (Wildman–Crippen LogP) is 3.96. The van der Waals surface area contributed by atoms with Crippen molar-refractivity contribution >= 4 is 11.8 Å². The zero-order valence-electron chi connectivity index (χ0n) is 18.8. The Morgan fingerprint density at radius 2 is 1.67 bits per heavy atom. The molecular weight excluding hydrogens is 376 g/mol. The molecule has 0 aliphatic carbocycles. The molecule has 0 fully saturated rings. The summed E-state index contributed by atoms with van der Waals surface area (Å²) in [6, 6.07) is 17.2. The SMILES string of the molecule is CC[C@@H](C(=O)NC)N(CCc1ccccc1)C(=O)COc1ccccc1C(C)(C)C. The summed E-state index contributed by atoms with van der Waals surface area (Å²) in [6.45, 7) is 8.61. The topological polar surface area (TPSA) is 58.6 Å². The second-order valence-corrected chi connectivity index (χ2v) is 8.40. The molecule has 30 heavy (non-hydrogen) atoms. The van der Waals surface area contributed by atoms with Gasteiger partial charge in [-0.1, -0.05) is 76.2 Å². The average molecular weight is 411 g/mol. The van der Waals surface area contributed by atoms with Gasteiger partial charge in [0.1, 0.15) is 11.8 Å². The molecule has 5 heteroatoms. The van der Waals surface area contributed by atoms with Gasteiger partial charge in [0, 0.05) is 13.6 Å². The van der Waals surface area contributed by atoms with Gasteiger partial charge in [-0.3, -0.25) is 9.59 Å². The third-order valence-electron chi connectivity index (χ3n) is 5.16. The lowest BCUT2D eigenvalue weighted by atomic mass is 9.86. The van der Waals surface area contributed by atoms with Gasteiger partial charge >= 0.3 is 0 Å². The molecule has 0 heterocycles. The highest BCUT2D eigenvalue weighted by Crippen LogP contribution is 2.31. The number of hydrogen-bond acceptors (Lipinski definition) is 3. The van der Waals surface area contributed by atoms with E-state index in [1.807, 2.05) is 61.5 Å². The van der Waals surface area contributed by atoms with E-state index in [0.717, 1.165) is 11.1 Å². The summed E-state index contributed by atoms with van der Waals surface area (Å²) in [4.78, 5) is 27.2. The second kappa shape index (κ2) is 10.8. The quantitative estimate of drug-likeness (QED) is 0.681. The van der Waals surface area contributed by atoms with Gasteiger partial charge in [-0.2, -0.15) is 0 Å². The molecule has 0 unspecified atom stereocenters. The molecule has 1 N–H and O–H groups in total. The smallest absolute Gasteiger partial charge is 0.261 e. The van der Waals surface area contributed by atoms with E-state index in [9.17, 15) is 9.59 Å². The predicted molar refractivity (Wildman–Crippen MR) is 121 cm³/mol. The Balaban J connectivity index is 2.17. The van der Waals surface area contributed by atoms with Crippen LogP contribution < -0.4 is 10.1 Å². The highest BCUT2D eigenvalue weighted by molar-refractivity contribution is 5.88. The van der Waals surface area contributed by atoms with Gasteiger partial charge in [0.05, 0.1) is 0 Å². The summed E-state index contributed by atoms with van der Waals surface area (Å²) in [7, 11) is 1.60. The van der Waals surface area contributed by atoms with E-state index >= 15 is 0 Å². The molecule has 2 aromatic rings. The molecule has 162 valence electrons. The molecule has 0 saturated carbocycles. The number of ether oxygens (including phenoxy) is 1. The van der Waals surface area contributed by atoms with E-state index in [0.29, 0.717) is 25.1 Å². The van der Waals surface area contributed by atoms with Crippen LogP contribution in [-0.2, 0) is 21.4 Å². The number of nitrogens with one attached hydrogen (secondary N) is 1. The highest BCUT2D eigenvalue weighted by Gasteiger charge is 2.28. The largest absolute Gasteiger partial charge is 0.483 e. The molecular formula is C25H34N2O3. The Hall–Kier alpha value is -2.82. The molecule has 0 radical (unpaired) electrons. The minimum atomic E-state index is -0.521. The number of amides is 2. The number of likely N-dealkylation sites (N-methyl/N-ethyl adjacent to an activating group) is 1. The molecule has 2 amide bonds. The summed E-state index contributed by atoms with van der Waals surface area (Å²) in [5.74, 6) is 0.355. The molecule has 0 spiro atoms. The van der Waals surface area contributed by atoms with Crippen LogP contribution in [0.5, 0.6) is 5.75 Å². The lowest BCUT2D eigenvalue weighted by molar-refractivity contribution is -0.142. The van der Waals surface area contributed by atoms with Crippen molar-refractivity contribution in [3.05, 3.63) is 65.7 Å². The van der Waals surface area contributed by atoms with Crippen LogP contribution in [0.25, 0.3) is 0 Å². The summed E-state index contributed by atoms with van der Waals surface area (Å²) in [5, 5.41) is 2.68. The Morgan fingerprint density at radius 3 is 2.27 bits per heavy atom. The van der Waals surface area contributed by atoms with Crippen molar-refractivity contribution in [2.75, 3.05) is 20.2 Å². The third-order valence-corrected chi connectivity index (χ3v) is 5.16. The molecule has 0 aliphatic heterocycles. The van der Waals surface area contributed by atoms with E-state index in [-0.39, 0.29) is 23.8 Å². The molecule has 1 atom stereocenters. The lowest BCUT2D eigenvalue weighted by Gasteiger charge is -2.30. The first-order valence-electron chi connectivity index (χ1n) is 10.5. The maximum Gasteiger partial charge on any atom is 0.261 e. The lowest BCUT2D eigenvalue weighted by Crippen LogP contribution is -2.50. The number of para-hydroxylation sites is 1. The van der Waals surface area contributed by atoms with Gasteiger partial charge in [-0.05, 0) is 35.4 Å². The van der Waals surface area contributed by atoms with Crippen LogP contribution in [0.1, 0.15) is 45.2 Å². The number of benzene rings is 2. The number of carbonyl (C=O) groups is 2. The van der Waals surface area contributed by atoms with Crippen molar-refractivity contribution in [1.29, 1.82) is 0 Å². The van der Waals surface area contributed by atoms with Crippen molar-refractivity contribution in [2.24, 2.45) is 0 Å². The summed E-state index contributed by atoms with van der Waals surface area (Å²) in [6.07, 6.45) is 1.22.